The fraction of sp³-hybridized carbons (Fsp3) is 0.200. The van der Waals surface area contributed by atoms with Gasteiger partial charge < -0.3 is 9.32 Å². The average Bonchev–Trinajstić information content (AvgIpc) is 3.74. The molecule has 0 bridgehead atoms. The molecule has 5 aliphatic rings. The summed E-state index contributed by atoms with van der Waals surface area (Å²) in [5, 5.41) is 3.72. The molecule has 0 saturated heterocycles. The van der Waals surface area contributed by atoms with E-state index in [1.807, 2.05) is 0 Å². The Labute approximate surface area is 336 Å². The molecule has 2 nitrogen and oxygen atoms in total. The molecule has 0 fully saturated rings. The topological polar surface area (TPSA) is 16.4 Å². The van der Waals surface area contributed by atoms with Gasteiger partial charge in [-0.15, -0.1) is 0 Å². The standard InChI is InChI=1S/C55H47NO/c1-55(2)50-20-12-11-19-46(50)47-31-25-41(34-51(47)55)53-45-18-10-9-17-40(45)33-49-48-35-44(30-32-52(48)57-54(49)53)56(42-26-21-38(22-27-42)36-13-5-3-6-14-36)43-28-23-39(24-29-43)37-15-7-4-8-16-37/h3-7,9-10,13-15,17-26,28-34,42,44H,8,11-12,16,27,35H2,1-2H3. The number of furan rings is 1. The second-order valence-electron chi connectivity index (χ2n) is 16.9. The number of hydrogen-bond donors (Lipinski definition) is 0. The van der Waals surface area contributed by atoms with Gasteiger partial charge >= 0.3 is 0 Å². The molecule has 0 spiro atoms. The second kappa shape index (κ2) is 13.5. The lowest BCUT2D eigenvalue weighted by Crippen LogP contribution is -2.44. The molecule has 11 rings (SSSR count). The lowest BCUT2D eigenvalue weighted by atomic mass is 9.80. The summed E-state index contributed by atoms with van der Waals surface area (Å²) in [6.45, 7) is 4.79. The van der Waals surface area contributed by atoms with Crippen LogP contribution in [-0.4, -0.2) is 12.1 Å². The molecule has 5 aromatic carbocycles. The van der Waals surface area contributed by atoms with E-state index in [4.69, 9.17) is 4.42 Å². The fourth-order valence-corrected chi connectivity index (χ4v) is 10.4. The summed E-state index contributed by atoms with van der Waals surface area (Å²) in [5.74, 6) is 0.985. The quantitative estimate of drug-likeness (QED) is 0.169. The van der Waals surface area contributed by atoms with E-state index in [2.05, 4.69) is 183 Å². The molecular weight excluding hydrogens is 691 g/mol. The summed E-state index contributed by atoms with van der Waals surface area (Å²) in [6.07, 6.45) is 29.7. The highest BCUT2D eigenvalue weighted by molar-refractivity contribution is 6.12. The van der Waals surface area contributed by atoms with Crippen LogP contribution < -0.4 is 4.90 Å². The van der Waals surface area contributed by atoms with Gasteiger partial charge in [-0.05, 0) is 123 Å². The van der Waals surface area contributed by atoms with Crippen molar-refractivity contribution < 1.29 is 4.42 Å². The first-order chi connectivity index (χ1) is 28.0. The highest BCUT2D eigenvalue weighted by atomic mass is 16.3. The van der Waals surface area contributed by atoms with Gasteiger partial charge in [0.2, 0.25) is 0 Å². The maximum atomic E-state index is 7.01. The predicted molar refractivity (Wildman–Crippen MR) is 241 cm³/mol. The van der Waals surface area contributed by atoms with Crippen molar-refractivity contribution in [3.05, 3.63) is 197 Å². The minimum absolute atomic E-state index is 0.0314. The molecule has 2 unspecified atom stereocenters. The van der Waals surface area contributed by atoms with Crippen LogP contribution in [0.25, 0.3) is 55.7 Å². The van der Waals surface area contributed by atoms with Gasteiger partial charge in [-0.3, -0.25) is 0 Å². The molecule has 0 saturated carbocycles. The Balaban J connectivity index is 1.00. The molecular formula is C55H47NO. The summed E-state index contributed by atoms with van der Waals surface area (Å²) in [7, 11) is 0. The molecule has 2 atom stereocenters. The minimum Gasteiger partial charge on any atom is -0.456 e. The molecule has 0 aliphatic heterocycles. The molecule has 6 aromatic rings. The van der Waals surface area contributed by atoms with Crippen molar-refractivity contribution in [2.24, 2.45) is 0 Å². The van der Waals surface area contributed by atoms with Crippen LogP contribution in [0.4, 0.5) is 5.69 Å². The summed E-state index contributed by atoms with van der Waals surface area (Å²) in [4.78, 5) is 2.65. The normalized spacial score (nSPS) is 20.4. The Kier molecular flexibility index (Phi) is 8.10. The van der Waals surface area contributed by atoms with Crippen molar-refractivity contribution in [3.63, 3.8) is 0 Å². The number of allylic oxidation sites excluding steroid dienone is 10. The largest absolute Gasteiger partial charge is 0.456 e. The molecule has 0 amide bonds. The van der Waals surface area contributed by atoms with E-state index in [1.165, 1.54) is 83.1 Å². The van der Waals surface area contributed by atoms with Crippen LogP contribution in [0.1, 0.15) is 79.5 Å². The van der Waals surface area contributed by atoms with Gasteiger partial charge in [0.05, 0.1) is 12.1 Å². The maximum Gasteiger partial charge on any atom is 0.143 e. The van der Waals surface area contributed by atoms with E-state index in [0.717, 1.165) is 49.9 Å². The molecule has 0 N–H and O–H groups in total. The van der Waals surface area contributed by atoms with Crippen molar-refractivity contribution in [1.82, 2.24) is 0 Å². The number of hydrogen-bond acceptors (Lipinski definition) is 2. The van der Waals surface area contributed by atoms with Crippen LogP contribution in [0.5, 0.6) is 0 Å². The van der Waals surface area contributed by atoms with E-state index >= 15 is 0 Å². The molecule has 2 heteroatoms. The zero-order chi connectivity index (χ0) is 38.1. The lowest BCUT2D eigenvalue weighted by Gasteiger charge is -2.39. The Morgan fingerprint density at radius 3 is 2.33 bits per heavy atom. The lowest BCUT2D eigenvalue weighted by molar-refractivity contribution is 0.573. The molecule has 0 radical (unpaired) electrons. The monoisotopic (exact) mass is 737 g/mol. The highest BCUT2D eigenvalue weighted by Crippen LogP contribution is 2.53. The predicted octanol–water partition coefficient (Wildman–Crippen LogP) is 14.2. The minimum atomic E-state index is -0.0314. The average molecular weight is 738 g/mol. The SMILES string of the molecule is CC1(C)C2=CCCC=C2c2ccc(-c3c4ccccc4cc4c5c(oc34)C=CC(N(c3ccc(C4=CC=CCC4)cc3)C3C=CC(c4ccccc4)=CC3)C5)cc21. The van der Waals surface area contributed by atoms with Crippen molar-refractivity contribution in [3.8, 4) is 11.1 Å². The first-order valence-corrected chi connectivity index (χ1v) is 20.9. The van der Waals surface area contributed by atoms with Gasteiger partial charge in [0, 0.05) is 34.0 Å². The third-order valence-electron chi connectivity index (χ3n) is 13.3. The van der Waals surface area contributed by atoms with Gasteiger partial charge in [-0.1, -0.05) is 147 Å². The number of benzene rings is 5. The number of fused-ring (bicyclic) bond motifs is 7. The number of anilines is 1. The number of nitrogens with zero attached hydrogens (tertiary/aromatic N) is 1. The third-order valence-corrected chi connectivity index (χ3v) is 13.3. The molecule has 278 valence electrons. The van der Waals surface area contributed by atoms with Crippen molar-refractivity contribution in [1.29, 1.82) is 0 Å². The molecule has 5 aliphatic carbocycles. The Hall–Kier alpha value is -6.12. The van der Waals surface area contributed by atoms with E-state index in [-0.39, 0.29) is 17.5 Å². The van der Waals surface area contributed by atoms with Crippen molar-refractivity contribution in [2.45, 2.75) is 69.9 Å². The smallest absolute Gasteiger partial charge is 0.143 e. The van der Waals surface area contributed by atoms with Crippen LogP contribution in [0.15, 0.2) is 168 Å². The van der Waals surface area contributed by atoms with E-state index in [9.17, 15) is 0 Å². The Morgan fingerprint density at radius 1 is 0.702 bits per heavy atom. The molecule has 1 heterocycles. The van der Waals surface area contributed by atoms with E-state index in [0.29, 0.717) is 0 Å². The van der Waals surface area contributed by atoms with Crippen molar-refractivity contribution >= 4 is 50.2 Å². The van der Waals surface area contributed by atoms with Gasteiger partial charge in [-0.2, -0.15) is 0 Å². The first-order valence-electron chi connectivity index (χ1n) is 20.9. The Bertz CT molecular complexity index is 2810. The maximum absolute atomic E-state index is 7.01. The summed E-state index contributed by atoms with van der Waals surface area (Å²) < 4.78 is 7.01. The van der Waals surface area contributed by atoms with Crippen LogP contribution in [0.3, 0.4) is 0 Å². The van der Waals surface area contributed by atoms with Crippen LogP contribution in [-0.2, 0) is 11.8 Å². The van der Waals surface area contributed by atoms with E-state index < -0.39 is 0 Å². The fourth-order valence-electron chi connectivity index (χ4n) is 10.4. The van der Waals surface area contributed by atoms with Crippen molar-refractivity contribution in [2.75, 3.05) is 4.90 Å². The van der Waals surface area contributed by atoms with Gasteiger partial charge in [-0.25, -0.2) is 0 Å². The zero-order valence-corrected chi connectivity index (χ0v) is 32.8. The summed E-state index contributed by atoms with van der Waals surface area (Å²) in [5.41, 5.74) is 17.0. The third kappa shape index (κ3) is 5.68. The summed E-state index contributed by atoms with van der Waals surface area (Å²) in [6, 6.07) is 38.9. The van der Waals surface area contributed by atoms with Gasteiger partial charge in [0.1, 0.15) is 11.3 Å². The second-order valence-corrected chi connectivity index (χ2v) is 16.9. The summed E-state index contributed by atoms with van der Waals surface area (Å²) >= 11 is 0. The first kappa shape index (κ1) is 34.2. The Morgan fingerprint density at radius 2 is 1.51 bits per heavy atom. The molecule has 1 aromatic heterocycles. The van der Waals surface area contributed by atoms with Gasteiger partial charge in [0.15, 0.2) is 0 Å². The molecule has 57 heavy (non-hydrogen) atoms. The zero-order valence-electron chi connectivity index (χ0n) is 32.8. The highest BCUT2D eigenvalue weighted by Gasteiger charge is 2.39. The van der Waals surface area contributed by atoms with Crippen LogP contribution >= 0.6 is 0 Å². The van der Waals surface area contributed by atoms with Crippen LogP contribution in [0.2, 0.25) is 0 Å². The number of rotatable bonds is 6. The van der Waals surface area contributed by atoms with Gasteiger partial charge in [0.25, 0.3) is 0 Å². The van der Waals surface area contributed by atoms with E-state index in [1.54, 1.807) is 0 Å². The van der Waals surface area contributed by atoms with Crippen LogP contribution in [0, 0.1) is 0 Å².